The highest BCUT2D eigenvalue weighted by molar-refractivity contribution is 9.10. The van der Waals surface area contributed by atoms with Crippen molar-refractivity contribution >= 4 is 21.6 Å². The Hall–Kier alpha value is -1.55. The van der Waals surface area contributed by atoms with Crippen LogP contribution in [-0.4, -0.2) is 7.11 Å². The molecule has 1 atom stereocenters. The number of nitrogens with one attached hydrogen (secondary N) is 1. The summed E-state index contributed by atoms with van der Waals surface area (Å²) in [6, 6.07) is 11.2. The molecule has 110 valence electrons. The number of ether oxygens (including phenoxy) is 1. The molecular weight excluding hydrogens is 333 g/mol. The van der Waals surface area contributed by atoms with Crippen LogP contribution in [-0.2, 0) is 6.42 Å². The van der Waals surface area contributed by atoms with Crippen LogP contribution in [0.25, 0.3) is 0 Å². The molecule has 0 aliphatic heterocycles. The van der Waals surface area contributed by atoms with E-state index in [9.17, 15) is 4.39 Å². The van der Waals surface area contributed by atoms with Crippen LogP contribution in [0.15, 0.2) is 40.9 Å². The van der Waals surface area contributed by atoms with E-state index >= 15 is 0 Å². The Morgan fingerprint density at radius 2 is 2.10 bits per heavy atom. The van der Waals surface area contributed by atoms with Crippen LogP contribution < -0.4 is 10.1 Å². The lowest BCUT2D eigenvalue weighted by atomic mass is 9.87. The van der Waals surface area contributed by atoms with Gasteiger partial charge in [-0.3, -0.25) is 0 Å². The molecule has 1 aliphatic rings. The summed E-state index contributed by atoms with van der Waals surface area (Å²) in [5, 5.41) is 3.34. The zero-order chi connectivity index (χ0) is 14.8. The van der Waals surface area contributed by atoms with E-state index in [2.05, 4.69) is 33.4 Å². The highest BCUT2D eigenvalue weighted by Gasteiger charge is 2.21. The smallest absolute Gasteiger partial charge is 0.146 e. The van der Waals surface area contributed by atoms with E-state index in [0.29, 0.717) is 5.69 Å². The third-order valence-electron chi connectivity index (χ3n) is 3.93. The molecule has 1 aliphatic carbocycles. The van der Waals surface area contributed by atoms with Crippen molar-refractivity contribution in [3.8, 4) is 5.75 Å². The summed E-state index contributed by atoms with van der Waals surface area (Å²) in [5.41, 5.74) is 3.06. The fraction of sp³-hybridized carbons (Fsp3) is 0.294. The monoisotopic (exact) mass is 349 g/mol. The first kappa shape index (κ1) is 14.4. The van der Waals surface area contributed by atoms with Crippen LogP contribution in [0.2, 0.25) is 0 Å². The molecule has 0 aromatic heterocycles. The van der Waals surface area contributed by atoms with Gasteiger partial charge in [-0.2, -0.15) is 0 Å². The molecule has 4 heteroatoms. The largest absolute Gasteiger partial charge is 0.497 e. The number of anilines is 1. The molecule has 2 aromatic rings. The van der Waals surface area contributed by atoms with Crippen molar-refractivity contribution in [1.29, 1.82) is 0 Å². The predicted octanol–water partition coefficient (Wildman–Crippen LogP) is 5.09. The second kappa shape index (κ2) is 6.06. The fourth-order valence-electron chi connectivity index (χ4n) is 2.85. The average molecular weight is 350 g/mol. The molecule has 2 aromatic carbocycles. The number of benzene rings is 2. The van der Waals surface area contributed by atoms with Gasteiger partial charge in [0.15, 0.2) is 0 Å². The maximum absolute atomic E-state index is 13.9. The molecule has 0 bridgehead atoms. The van der Waals surface area contributed by atoms with Crippen LogP contribution in [0.5, 0.6) is 5.75 Å². The third kappa shape index (κ3) is 3.05. The minimum atomic E-state index is -0.229. The van der Waals surface area contributed by atoms with E-state index in [-0.39, 0.29) is 11.9 Å². The highest BCUT2D eigenvalue weighted by Crippen LogP contribution is 2.35. The van der Waals surface area contributed by atoms with Gasteiger partial charge in [-0.15, -0.1) is 0 Å². The second-order valence-corrected chi connectivity index (χ2v) is 6.19. The Morgan fingerprint density at radius 1 is 1.24 bits per heavy atom. The molecule has 0 heterocycles. The molecular formula is C17H17BrFNO. The van der Waals surface area contributed by atoms with E-state index in [4.69, 9.17) is 4.74 Å². The molecule has 1 unspecified atom stereocenters. The van der Waals surface area contributed by atoms with Crippen LogP contribution in [0.3, 0.4) is 0 Å². The fourth-order valence-corrected chi connectivity index (χ4v) is 3.21. The minimum Gasteiger partial charge on any atom is -0.497 e. The maximum Gasteiger partial charge on any atom is 0.146 e. The standard InChI is InChI=1S/C17H17BrFNO/c1-21-13-7-5-11-3-2-4-16(14(11)10-13)20-17-9-12(18)6-8-15(17)19/h5-10,16,20H,2-4H2,1H3. The average Bonchev–Trinajstić information content (AvgIpc) is 2.51. The molecule has 0 amide bonds. The summed E-state index contributed by atoms with van der Waals surface area (Å²) >= 11 is 3.39. The summed E-state index contributed by atoms with van der Waals surface area (Å²) < 4.78 is 20.1. The van der Waals surface area contributed by atoms with Gasteiger partial charge in [0.1, 0.15) is 11.6 Å². The first-order valence-electron chi connectivity index (χ1n) is 7.06. The van der Waals surface area contributed by atoms with Crippen molar-refractivity contribution in [3.63, 3.8) is 0 Å². The Balaban J connectivity index is 1.92. The lowest BCUT2D eigenvalue weighted by Gasteiger charge is -2.28. The van der Waals surface area contributed by atoms with Crippen molar-refractivity contribution in [3.05, 3.63) is 57.8 Å². The molecule has 21 heavy (non-hydrogen) atoms. The van der Waals surface area contributed by atoms with E-state index in [1.807, 2.05) is 6.07 Å². The minimum absolute atomic E-state index is 0.118. The van der Waals surface area contributed by atoms with Crippen molar-refractivity contribution in [2.75, 3.05) is 12.4 Å². The number of halogens is 2. The number of hydrogen-bond acceptors (Lipinski definition) is 2. The predicted molar refractivity (Wildman–Crippen MR) is 86.4 cm³/mol. The number of rotatable bonds is 3. The van der Waals surface area contributed by atoms with Gasteiger partial charge >= 0.3 is 0 Å². The first-order chi connectivity index (χ1) is 10.2. The Morgan fingerprint density at radius 3 is 2.90 bits per heavy atom. The van der Waals surface area contributed by atoms with E-state index in [1.54, 1.807) is 19.2 Å². The summed E-state index contributed by atoms with van der Waals surface area (Å²) in [4.78, 5) is 0. The van der Waals surface area contributed by atoms with Crippen molar-refractivity contribution in [2.24, 2.45) is 0 Å². The van der Waals surface area contributed by atoms with Gasteiger partial charge in [0, 0.05) is 4.47 Å². The summed E-state index contributed by atoms with van der Waals surface area (Å²) in [6.07, 6.45) is 3.16. The lowest BCUT2D eigenvalue weighted by molar-refractivity contribution is 0.413. The first-order valence-corrected chi connectivity index (χ1v) is 7.85. The molecule has 0 radical (unpaired) electrons. The summed E-state index contributed by atoms with van der Waals surface area (Å²) in [5.74, 6) is 0.616. The zero-order valence-corrected chi connectivity index (χ0v) is 13.4. The van der Waals surface area contributed by atoms with Crippen molar-refractivity contribution < 1.29 is 9.13 Å². The van der Waals surface area contributed by atoms with E-state index < -0.39 is 0 Å². The summed E-state index contributed by atoms with van der Waals surface area (Å²) in [7, 11) is 1.67. The third-order valence-corrected chi connectivity index (χ3v) is 4.42. The molecule has 2 nitrogen and oxygen atoms in total. The normalized spacial score (nSPS) is 17.2. The summed E-state index contributed by atoms with van der Waals surface area (Å²) in [6.45, 7) is 0. The van der Waals surface area contributed by atoms with Gasteiger partial charge < -0.3 is 10.1 Å². The SMILES string of the molecule is COc1ccc2c(c1)C(Nc1cc(Br)ccc1F)CCC2. The molecule has 1 N–H and O–H groups in total. The zero-order valence-electron chi connectivity index (χ0n) is 11.8. The maximum atomic E-state index is 13.9. The van der Waals surface area contributed by atoms with Gasteiger partial charge in [0.25, 0.3) is 0 Å². The number of hydrogen-bond donors (Lipinski definition) is 1. The van der Waals surface area contributed by atoms with Crippen molar-refractivity contribution in [2.45, 2.75) is 25.3 Å². The highest BCUT2D eigenvalue weighted by atomic mass is 79.9. The van der Waals surface area contributed by atoms with Crippen LogP contribution >= 0.6 is 15.9 Å². The van der Waals surface area contributed by atoms with E-state index in [0.717, 1.165) is 29.5 Å². The van der Waals surface area contributed by atoms with Gasteiger partial charge in [-0.05, 0) is 60.7 Å². The number of fused-ring (bicyclic) bond motifs is 1. The molecule has 3 rings (SSSR count). The molecule has 0 saturated carbocycles. The second-order valence-electron chi connectivity index (χ2n) is 5.28. The van der Waals surface area contributed by atoms with Crippen LogP contribution in [0.4, 0.5) is 10.1 Å². The number of aryl methyl sites for hydroxylation is 1. The van der Waals surface area contributed by atoms with Gasteiger partial charge in [0.2, 0.25) is 0 Å². The van der Waals surface area contributed by atoms with E-state index in [1.165, 1.54) is 17.2 Å². The Bertz CT molecular complexity index is 659. The topological polar surface area (TPSA) is 21.3 Å². The van der Waals surface area contributed by atoms with Crippen molar-refractivity contribution in [1.82, 2.24) is 0 Å². The molecule has 0 saturated heterocycles. The van der Waals surface area contributed by atoms with Gasteiger partial charge in [-0.1, -0.05) is 22.0 Å². The molecule has 0 fully saturated rings. The van der Waals surface area contributed by atoms with Gasteiger partial charge in [-0.25, -0.2) is 4.39 Å². The Labute approximate surface area is 132 Å². The van der Waals surface area contributed by atoms with Gasteiger partial charge in [0.05, 0.1) is 18.8 Å². The Kier molecular flexibility index (Phi) is 4.15. The van der Waals surface area contributed by atoms with Crippen LogP contribution in [0.1, 0.15) is 30.0 Å². The van der Waals surface area contributed by atoms with Crippen LogP contribution in [0, 0.1) is 5.82 Å². The lowest BCUT2D eigenvalue weighted by Crippen LogP contribution is -2.18. The quantitative estimate of drug-likeness (QED) is 0.833. The number of methoxy groups -OCH3 is 1. The molecule has 0 spiro atoms.